The number of esters is 1. The van der Waals surface area contributed by atoms with Crippen LogP contribution in [0.5, 0.6) is 0 Å². The first-order valence-corrected chi connectivity index (χ1v) is 6.61. The van der Waals surface area contributed by atoms with E-state index in [-0.39, 0.29) is 18.0 Å². The fourth-order valence-corrected chi connectivity index (χ4v) is 1.90. The minimum Gasteiger partial charge on any atom is -0.456 e. The molecule has 1 heterocycles. The molecule has 2 aromatic rings. The van der Waals surface area contributed by atoms with E-state index in [0.29, 0.717) is 6.54 Å². The molecule has 2 rings (SSSR count). The topological polar surface area (TPSA) is 87.2 Å². The molecule has 0 spiro atoms. The molecule has 0 aliphatic rings. The summed E-state index contributed by atoms with van der Waals surface area (Å²) in [5, 5.41) is 3.93. The summed E-state index contributed by atoms with van der Waals surface area (Å²) in [6.07, 6.45) is 0. The number of carbonyl (C=O) groups is 1. The van der Waals surface area contributed by atoms with Gasteiger partial charge in [-0.1, -0.05) is 29.8 Å². The van der Waals surface area contributed by atoms with Gasteiger partial charge in [-0.2, -0.15) is 5.10 Å². The van der Waals surface area contributed by atoms with Crippen molar-refractivity contribution in [2.24, 2.45) is 0 Å². The molecule has 0 saturated carbocycles. The van der Waals surface area contributed by atoms with E-state index in [9.17, 15) is 9.59 Å². The van der Waals surface area contributed by atoms with Gasteiger partial charge in [-0.15, -0.1) is 0 Å². The number of anilines is 1. The largest absolute Gasteiger partial charge is 0.456 e. The Bertz CT molecular complexity index is 722. The molecule has 0 saturated heterocycles. The molecule has 2 N–H and O–H groups in total. The van der Waals surface area contributed by atoms with Crippen molar-refractivity contribution in [2.75, 3.05) is 5.73 Å². The number of rotatable bonds is 4. The SMILES string of the molecule is CCn1nc(C(=O)OCc2cccc(C)c2)cc(N)c1=O. The lowest BCUT2D eigenvalue weighted by atomic mass is 10.1. The molecule has 1 aromatic carbocycles. The molecule has 6 heteroatoms. The van der Waals surface area contributed by atoms with Gasteiger partial charge in [0, 0.05) is 12.6 Å². The number of hydrogen-bond donors (Lipinski definition) is 1. The molecule has 0 bridgehead atoms. The number of nitrogens with zero attached hydrogens (tertiary/aromatic N) is 2. The predicted octanol–water partition coefficient (Wildman–Crippen LogP) is 1.51. The molecular formula is C15H17N3O3. The molecule has 21 heavy (non-hydrogen) atoms. The number of benzene rings is 1. The summed E-state index contributed by atoms with van der Waals surface area (Å²) in [6.45, 7) is 4.19. The van der Waals surface area contributed by atoms with E-state index < -0.39 is 11.5 Å². The summed E-state index contributed by atoms with van der Waals surface area (Å²) in [6, 6.07) is 8.90. The van der Waals surface area contributed by atoms with Gasteiger partial charge in [0.05, 0.1) is 0 Å². The van der Waals surface area contributed by atoms with Crippen molar-refractivity contribution in [1.29, 1.82) is 0 Å². The molecule has 0 amide bonds. The molecular weight excluding hydrogens is 270 g/mol. The van der Waals surface area contributed by atoms with Crippen molar-refractivity contribution in [3.63, 3.8) is 0 Å². The van der Waals surface area contributed by atoms with Crippen LogP contribution in [-0.2, 0) is 17.9 Å². The fraction of sp³-hybridized carbons (Fsp3) is 0.267. The van der Waals surface area contributed by atoms with E-state index in [1.807, 2.05) is 31.2 Å². The average Bonchev–Trinajstić information content (AvgIpc) is 2.47. The Hall–Kier alpha value is -2.63. The first kappa shape index (κ1) is 14.8. The highest BCUT2D eigenvalue weighted by molar-refractivity contribution is 5.87. The van der Waals surface area contributed by atoms with Crippen LogP contribution in [0.25, 0.3) is 0 Å². The van der Waals surface area contributed by atoms with Crippen molar-refractivity contribution in [3.05, 3.63) is 57.5 Å². The molecule has 0 aliphatic carbocycles. The minimum absolute atomic E-state index is 0.0191. The number of carbonyl (C=O) groups excluding carboxylic acids is 1. The number of hydrogen-bond acceptors (Lipinski definition) is 5. The Morgan fingerprint density at radius 2 is 2.14 bits per heavy atom. The van der Waals surface area contributed by atoms with Gasteiger partial charge in [-0.05, 0) is 19.4 Å². The molecule has 0 atom stereocenters. The number of ether oxygens (including phenoxy) is 1. The van der Waals surface area contributed by atoms with Gasteiger partial charge in [-0.3, -0.25) is 4.79 Å². The summed E-state index contributed by atoms with van der Waals surface area (Å²) in [5.74, 6) is -0.606. The third-order valence-electron chi connectivity index (χ3n) is 2.96. The fourth-order valence-electron chi connectivity index (χ4n) is 1.90. The van der Waals surface area contributed by atoms with Crippen molar-refractivity contribution >= 4 is 11.7 Å². The quantitative estimate of drug-likeness (QED) is 0.861. The zero-order valence-corrected chi connectivity index (χ0v) is 12.0. The van der Waals surface area contributed by atoms with Crippen molar-refractivity contribution in [1.82, 2.24) is 9.78 Å². The standard InChI is InChI=1S/C15H17N3O3/c1-3-18-14(19)12(16)8-13(17-18)15(20)21-9-11-6-4-5-10(2)7-11/h4-8H,3,9,16H2,1-2H3. The van der Waals surface area contributed by atoms with E-state index in [2.05, 4.69) is 5.10 Å². The molecule has 0 aliphatic heterocycles. The van der Waals surface area contributed by atoms with Crippen LogP contribution in [0.15, 0.2) is 35.1 Å². The van der Waals surface area contributed by atoms with Crippen LogP contribution in [0.4, 0.5) is 5.69 Å². The molecule has 0 unspecified atom stereocenters. The molecule has 110 valence electrons. The third-order valence-corrected chi connectivity index (χ3v) is 2.96. The van der Waals surface area contributed by atoms with Crippen LogP contribution < -0.4 is 11.3 Å². The zero-order chi connectivity index (χ0) is 15.4. The number of aromatic nitrogens is 2. The monoisotopic (exact) mass is 287 g/mol. The first-order chi connectivity index (χ1) is 10.0. The maximum atomic E-state index is 12.0. The van der Waals surface area contributed by atoms with Gasteiger partial charge in [0.25, 0.3) is 5.56 Å². The van der Waals surface area contributed by atoms with Crippen LogP contribution in [0.1, 0.15) is 28.5 Å². The normalized spacial score (nSPS) is 10.4. The average molecular weight is 287 g/mol. The minimum atomic E-state index is -0.606. The van der Waals surface area contributed by atoms with Crippen LogP contribution in [0.3, 0.4) is 0 Å². The van der Waals surface area contributed by atoms with Gasteiger partial charge in [0.2, 0.25) is 0 Å². The maximum absolute atomic E-state index is 12.0. The summed E-state index contributed by atoms with van der Waals surface area (Å²) in [4.78, 5) is 23.6. The Morgan fingerprint density at radius 1 is 1.38 bits per heavy atom. The summed E-state index contributed by atoms with van der Waals surface area (Å²) in [7, 11) is 0. The lowest BCUT2D eigenvalue weighted by Gasteiger charge is -2.08. The Balaban J connectivity index is 2.14. The second-order valence-electron chi connectivity index (χ2n) is 4.67. The van der Waals surface area contributed by atoms with Crippen molar-refractivity contribution in [3.8, 4) is 0 Å². The molecule has 0 radical (unpaired) electrons. The Morgan fingerprint density at radius 3 is 2.81 bits per heavy atom. The van der Waals surface area contributed by atoms with E-state index in [0.717, 1.165) is 15.8 Å². The van der Waals surface area contributed by atoms with E-state index in [1.165, 1.54) is 6.07 Å². The zero-order valence-electron chi connectivity index (χ0n) is 12.0. The van der Waals surface area contributed by atoms with Gasteiger partial charge in [0.15, 0.2) is 5.69 Å². The highest BCUT2D eigenvalue weighted by Gasteiger charge is 2.13. The summed E-state index contributed by atoms with van der Waals surface area (Å²) < 4.78 is 6.33. The van der Waals surface area contributed by atoms with Gasteiger partial charge < -0.3 is 10.5 Å². The van der Waals surface area contributed by atoms with Gasteiger partial charge in [0.1, 0.15) is 12.3 Å². The van der Waals surface area contributed by atoms with Crippen LogP contribution in [-0.4, -0.2) is 15.7 Å². The molecule has 6 nitrogen and oxygen atoms in total. The summed E-state index contributed by atoms with van der Waals surface area (Å²) in [5.41, 5.74) is 7.16. The predicted molar refractivity (Wildman–Crippen MR) is 78.9 cm³/mol. The highest BCUT2D eigenvalue weighted by atomic mass is 16.5. The number of aryl methyl sites for hydroxylation is 2. The van der Waals surface area contributed by atoms with E-state index in [4.69, 9.17) is 10.5 Å². The van der Waals surface area contributed by atoms with Crippen molar-refractivity contribution in [2.45, 2.75) is 27.0 Å². The van der Waals surface area contributed by atoms with Crippen LogP contribution in [0.2, 0.25) is 0 Å². The number of nitrogens with two attached hydrogens (primary N) is 1. The summed E-state index contributed by atoms with van der Waals surface area (Å²) >= 11 is 0. The van der Waals surface area contributed by atoms with Crippen LogP contribution in [0, 0.1) is 6.92 Å². The third kappa shape index (κ3) is 3.47. The lowest BCUT2D eigenvalue weighted by molar-refractivity contribution is 0.0462. The number of nitrogen functional groups attached to an aromatic ring is 1. The van der Waals surface area contributed by atoms with E-state index >= 15 is 0 Å². The smallest absolute Gasteiger partial charge is 0.359 e. The second-order valence-corrected chi connectivity index (χ2v) is 4.67. The second kappa shape index (κ2) is 6.21. The van der Waals surface area contributed by atoms with Gasteiger partial charge in [-0.25, -0.2) is 9.48 Å². The molecule has 0 fully saturated rings. The maximum Gasteiger partial charge on any atom is 0.359 e. The van der Waals surface area contributed by atoms with Crippen LogP contribution >= 0.6 is 0 Å². The Labute approximate surface area is 122 Å². The van der Waals surface area contributed by atoms with E-state index in [1.54, 1.807) is 6.92 Å². The highest BCUT2D eigenvalue weighted by Crippen LogP contribution is 2.07. The van der Waals surface area contributed by atoms with Gasteiger partial charge >= 0.3 is 5.97 Å². The Kier molecular flexibility index (Phi) is 4.37. The first-order valence-electron chi connectivity index (χ1n) is 6.61. The lowest BCUT2D eigenvalue weighted by Crippen LogP contribution is -2.27. The van der Waals surface area contributed by atoms with Crippen molar-refractivity contribution < 1.29 is 9.53 Å². The molecule has 1 aromatic heterocycles.